The number of benzene rings is 6. The topological polar surface area (TPSA) is 12.5 Å². The molecule has 232 valence electrons. The van der Waals surface area contributed by atoms with Crippen molar-refractivity contribution in [2.24, 2.45) is 0 Å². The van der Waals surface area contributed by atoms with Crippen LogP contribution in [-0.2, 0) is 0 Å². The van der Waals surface area contributed by atoms with E-state index in [-0.39, 0.29) is 6.92 Å². The van der Waals surface area contributed by atoms with Crippen molar-refractivity contribution in [1.82, 2.24) is 0 Å². The number of thiophene rings is 1. The molecule has 0 unspecified atom stereocenters. The minimum absolute atomic E-state index is 0.217. The molecule has 0 fully saturated rings. The standard InChI is InChI=1S/C44H36BNOS/c1-25-19-27(3)40(28(4)20-25)31-11-14-34(15-12-31)46-37-16-13-32(41-29(5)21-26(2)22-30(41)6)23-36(37)45-43-38(46)24-33-17-18-48-44(33)42(43)35-9-7-8-10-39(35)47-45/h7-24H,1-6H3. The molecule has 48 heavy (non-hydrogen) atoms. The first-order chi connectivity index (χ1) is 23.3. The highest BCUT2D eigenvalue weighted by Crippen LogP contribution is 2.47. The lowest BCUT2D eigenvalue weighted by Gasteiger charge is -2.40. The zero-order valence-corrected chi connectivity index (χ0v) is 29.0. The van der Waals surface area contributed by atoms with Gasteiger partial charge in [0, 0.05) is 38.4 Å². The van der Waals surface area contributed by atoms with E-state index in [1.165, 1.54) is 93.5 Å². The Morgan fingerprint density at radius 2 is 1.21 bits per heavy atom. The van der Waals surface area contributed by atoms with Gasteiger partial charge in [-0.25, -0.2) is 0 Å². The van der Waals surface area contributed by atoms with Crippen molar-refractivity contribution in [2.75, 3.05) is 4.90 Å². The van der Waals surface area contributed by atoms with Crippen LogP contribution in [0.4, 0.5) is 17.1 Å². The third-order valence-corrected chi connectivity index (χ3v) is 11.2. The van der Waals surface area contributed by atoms with Crippen LogP contribution in [0, 0.1) is 41.5 Å². The van der Waals surface area contributed by atoms with Crippen molar-refractivity contribution in [3.63, 3.8) is 0 Å². The summed E-state index contributed by atoms with van der Waals surface area (Å²) in [6.07, 6.45) is 0. The average Bonchev–Trinajstić information content (AvgIpc) is 3.53. The van der Waals surface area contributed by atoms with Crippen LogP contribution in [0.25, 0.3) is 43.5 Å². The van der Waals surface area contributed by atoms with Crippen molar-refractivity contribution < 1.29 is 4.65 Å². The second-order valence-corrected chi connectivity index (χ2v) is 14.6. The Morgan fingerprint density at radius 1 is 0.583 bits per heavy atom. The molecule has 0 bridgehead atoms. The largest absolute Gasteiger partial charge is 0.551 e. The van der Waals surface area contributed by atoms with Gasteiger partial charge < -0.3 is 9.55 Å². The quantitative estimate of drug-likeness (QED) is 0.179. The van der Waals surface area contributed by atoms with E-state index < -0.39 is 0 Å². The van der Waals surface area contributed by atoms with E-state index in [0.29, 0.717) is 0 Å². The summed E-state index contributed by atoms with van der Waals surface area (Å²) in [4.78, 5) is 2.47. The van der Waals surface area contributed by atoms with Gasteiger partial charge in [-0.2, -0.15) is 0 Å². The molecule has 0 radical (unpaired) electrons. The molecule has 0 saturated carbocycles. The summed E-state index contributed by atoms with van der Waals surface area (Å²) in [5.41, 5.74) is 21.3. The zero-order chi connectivity index (χ0) is 32.8. The summed E-state index contributed by atoms with van der Waals surface area (Å²) in [6, 6.07) is 38.5. The number of para-hydroxylation sites is 1. The van der Waals surface area contributed by atoms with Gasteiger partial charge in [0.1, 0.15) is 5.75 Å². The van der Waals surface area contributed by atoms with Gasteiger partial charge >= 0.3 is 6.92 Å². The normalized spacial score (nSPS) is 12.9. The Morgan fingerprint density at radius 3 is 1.90 bits per heavy atom. The molecular formula is C44H36BNOS. The fourth-order valence-corrected chi connectivity index (χ4v) is 9.54. The predicted octanol–water partition coefficient (Wildman–Crippen LogP) is 11.0. The number of fused-ring (bicyclic) bond motifs is 6. The first-order valence-electron chi connectivity index (χ1n) is 16.8. The molecule has 0 saturated heterocycles. The van der Waals surface area contributed by atoms with Crippen LogP contribution in [-0.4, -0.2) is 6.92 Å². The highest BCUT2D eigenvalue weighted by molar-refractivity contribution is 7.18. The van der Waals surface area contributed by atoms with Gasteiger partial charge in [0.05, 0.1) is 0 Å². The summed E-state index contributed by atoms with van der Waals surface area (Å²) >= 11 is 1.82. The van der Waals surface area contributed by atoms with Gasteiger partial charge in [-0.05, 0) is 139 Å². The Bertz CT molecular complexity index is 2410. The molecule has 3 heterocycles. The van der Waals surface area contributed by atoms with Crippen LogP contribution in [0.5, 0.6) is 5.75 Å². The van der Waals surface area contributed by atoms with E-state index >= 15 is 0 Å². The maximum atomic E-state index is 7.04. The van der Waals surface area contributed by atoms with Gasteiger partial charge in [-0.15, -0.1) is 11.3 Å². The zero-order valence-electron chi connectivity index (χ0n) is 28.2. The van der Waals surface area contributed by atoms with Gasteiger partial charge in [0.25, 0.3) is 0 Å². The van der Waals surface area contributed by atoms with E-state index in [9.17, 15) is 0 Å². The van der Waals surface area contributed by atoms with E-state index in [1.54, 1.807) is 0 Å². The maximum absolute atomic E-state index is 7.04. The number of aryl methyl sites for hydroxylation is 6. The molecule has 4 heteroatoms. The van der Waals surface area contributed by atoms with Crippen LogP contribution in [0.15, 0.2) is 109 Å². The van der Waals surface area contributed by atoms with Crippen LogP contribution >= 0.6 is 11.3 Å². The molecule has 1 aromatic heterocycles. The summed E-state index contributed by atoms with van der Waals surface area (Å²) in [7, 11) is 0. The second kappa shape index (κ2) is 10.7. The number of hydrogen-bond acceptors (Lipinski definition) is 3. The summed E-state index contributed by atoms with van der Waals surface area (Å²) in [5.74, 6) is 0.947. The SMILES string of the molecule is Cc1cc(C)c(-c2ccc(N3c4ccc(-c5c(C)cc(C)cc5C)cc4B4Oc5ccccc5-c5c4c3cc3ccsc53)cc2)c(C)c1. The van der Waals surface area contributed by atoms with Crippen molar-refractivity contribution in [3.8, 4) is 39.1 Å². The molecule has 2 aliphatic heterocycles. The fraction of sp³-hybridized carbons (Fsp3) is 0.136. The van der Waals surface area contributed by atoms with Crippen LogP contribution in [0.3, 0.4) is 0 Å². The van der Waals surface area contributed by atoms with E-state index in [0.717, 1.165) is 17.1 Å². The first kappa shape index (κ1) is 29.1. The molecule has 0 aliphatic carbocycles. The third kappa shape index (κ3) is 4.32. The van der Waals surface area contributed by atoms with Crippen molar-refractivity contribution in [2.45, 2.75) is 41.5 Å². The molecule has 0 N–H and O–H groups in total. The van der Waals surface area contributed by atoms with Gasteiger partial charge in [-0.3, -0.25) is 0 Å². The first-order valence-corrected chi connectivity index (χ1v) is 17.7. The highest BCUT2D eigenvalue weighted by atomic mass is 32.1. The molecule has 6 aromatic carbocycles. The van der Waals surface area contributed by atoms with Gasteiger partial charge in [0.15, 0.2) is 0 Å². The summed E-state index contributed by atoms with van der Waals surface area (Å²) in [5, 5.41) is 3.49. The maximum Gasteiger partial charge on any atom is 0.431 e. The number of nitrogens with zero attached hydrogens (tertiary/aromatic N) is 1. The molecular weight excluding hydrogens is 601 g/mol. The van der Waals surface area contributed by atoms with Crippen molar-refractivity contribution in [1.29, 1.82) is 0 Å². The number of anilines is 3. The monoisotopic (exact) mass is 637 g/mol. The summed E-state index contributed by atoms with van der Waals surface area (Å²) < 4.78 is 8.36. The minimum atomic E-state index is -0.217. The molecule has 0 atom stereocenters. The molecule has 2 aliphatic rings. The Labute approximate surface area is 287 Å². The lowest BCUT2D eigenvalue weighted by molar-refractivity contribution is 0.590. The van der Waals surface area contributed by atoms with Crippen LogP contribution in [0.1, 0.15) is 33.4 Å². The molecule has 7 aromatic rings. The van der Waals surface area contributed by atoms with Crippen molar-refractivity contribution >= 4 is 56.3 Å². The number of rotatable bonds is 3. The average molecular weight is 638 g/mol. The Hall–Kier alpha value is -5.06. The highest BCUT2D eigenvalue weighted by Gasteiger charge is 2.43. The summed E-state index contributed by atoms with van der Waals surface area (Å²) in [6.45, 7) is 13.0. The molecule has 9 rings (SSSR count). The molecule has 0 amide bonds. The van der Waals surface area contributed by atoms with Crippen LogP contribution in [0.2, 0.25) is 0 Å². The molecule has 2 nitrogen and oxygen atoms in total. The van der Waals surface area contributed by atoms with Gasteiger partial charge in [-0.1, -0.05) is 77.9 Å². The fourth-order valence-electron chi connectivity index (χ4n) is 8.59. The Balaban J connectivity index is 1.30. The lowest BCUT2D eigenvalue weighted by atomic mass is 9.49. The second-order valence-electron chi connectivity index (χ2n) is 13.7. The minimum Gasteiger partial charge on any atom is -0.551 e. The third-order valence-electron chi connectivity index (χ3n) is 10.3. The number of hydrogen-bond donors (Lipinski definition) is 0. The van der Waals surface area contributed by atoms with E-state index in [2.05, 4.69) is 155 Å². The predicted molar refractivity (Wildman–Crippen MR) is 207 cm³/mol. The van der Waals surface area contributed by atoms with Crippen LogP contribution < -0.4 is 20.5 Å². The van der Waals surface area contributed by atoms with Gasteiger partial charge in [0.2, 0.25) is 0 Å². The smallest absolute Gasteiger partial charge is 0.431 e. The van der Waals surface area contributed by atoms with Crippen molar-refractivity contribution in [3.05, 3.63) is 142 Å². The van der Waals surface area contributed by atoms with E-state index in [4.69, 9.17) is 4.65 Å². The van der Waals surface area contributed by atoms with E-state index in [1.807, 2.05) is 11.3 Å². The molecule has 0 spiro atoms. The Kier molecular flexibility index (Phi) is 6.51. The lowest BCUT2D eigenvalue weighted by Crippen LogP contribution is -2.56.